The summed E-state index contributed by atoms with van der Waals surface area (Å²) in [5.74, 6) is -3.65. The number of ether oxygens (including phenoxy) is 1. The van der Waals surface area contributed by atoms with Crippen molar-refractivity contribution in [3.05, 3.63) is 0 Å². The van der Waals surface area contributed by atoms with E-state index in [1.165, 1.54) is 6.92 Å². The van der Waals surface area contributed by atoms with Crippen molar-refractivity contribution in [2.24, 2.45) is 5.92 Å². The Kier molecular flexibility index (Phi) is 1.62. The van der Waals surface area contributed by atoms with Gasteiger partial charge in [0.2, 0.25) is 0 Å². The van der Waals surface area contributed by atoms with Gasteiger partial charge < -0.3 is 29.2 Å². The summed E-state index contributed by atoms with van der Waals surface area (Å²) in [6.45, 7) is -0.0866. The summed E-state index contributed by atoms with van der Waals surface area (Å²) in [7, 11) is 0. The van der Waals surface area contributed by atoms with E-state index in [0.29, 0.717) is 0 Å². The van der Waals surface area contributed by atoms with Crippen molar-refractivity contribution in [3.63, 3.8) is 0 Å². The number of hydrogen-bond acceptors (Lipinski definition) is 6. The Morgan fingerprint density at radius 3 is 2.54 bits per heavy atom. The van der Waals surface area contributed by atoms with E-state index in [4.69, 9.17) is 19.4 Å². The van der Waals surface area contributed by atoms with E-state index in [1.54, 1.807) is 6.92 Å². The monoisotopic (exact) mass is 191 g/mol. The standard InChI is InChI=1S/C6H12BO6/c1-4-3-11-5(2)6(4,8)13-7(9,10)12-5/h4,8-10H,3H2,1-2H3/q-1/t4-,5+,6+/m0/s1. The lowest BCUT2D eigenvalue weighted by atomic mass is 9.98. The maximum atomic E-state index is 9.92. The van der Waals surface area contributed by atoms with Crippen LogP contribution in [0.25, 0.3) is 0 Å². The third-order valence-corrected chi connectivity index (χ3v) is 2.64. The molecule has 7 heteroatoms. The van der Waals surface area contributed by atoms with Crippen LogP contribution in [0.3, 0.4) is 0 Å². The summed E-state index contributed by atoms with van der Waals surface area (Å²) < 4.78 is 14.5. The van der Waals surface area contributed by atoms with Gasteiger partial charge in [-0.05, 0) is 6.92 Å². The van der Waals surface area contributed by atoms with Crippen LogP contribution in [0, 0.1) is 5.92 Å². The fourth-order valence-corrected chi connectivity index (χ4v) is 1.84. The molecule has 0 aromatic carbocycles. The fourth-order valence-electron chi connectivity index (χ4n) is 1.84. The van der Waals surface area contributed by atoms with Crippen LogP contribution < -0.4 is 0 Å². The minimum atomic E-state index is -3.42. The maximum absolute atomic E-state index is 9.92. The highest BCUT2D eigenvalue weighted by atomic mass is 16.9. The molecule has 6 nitrogen and oxygen atoms in total. The van der Waals surface area contributed by atoms with Crippen molar-refractivity contribution in [1.82, 2.24) is 0 Å². The molecule has 2 aliphatic rings. The molecule has 2 fully saturated rings. The van der Waals surface area contributed by atoms with Gasteiger partial charge in [-0.25, -0.2) is 0 Å². The topological polar surface area (TPSA) is 88.4 Å². The zero-order chi connectivity index (χ0) is 9.91. The van der Waals surface area contributed by atoms with Gasteiger partial charge in [0.05, 0.1) is 6.61 Å². The van der Waals surface area contributed by atoms with Crippen molar-refractivity contribution in [1.29, 1.82) is 0 Å². The minimum Gasteiger partial charge on any atom is -0.533 e. The third-order valence-electron chi connectivity index (χ3n) is 2.64. The number of aliphatic hydroxyl groups is 1. The van der Waals surface area contributed by atoms with Crippen molar-refractivity contribution < 1.29 is 29.2 Å². The van der Waals surface area contributed by atoms with Crippen LogP contribution in [-0.2, 0) is 14.0 Å². The van der Waals surface area contributed by atoms with Crippen molar-refractivity contribution >= 4 is 6.96 Å². The van der Waals surface area contributed by atoms with Crippen molar-refractivity contribution in [2.75, 3.05) is 6.61 Å². The van der Waals surface area contributed by atoms with Gasteiger partial charge in [-0.1, -0.05) is 6.92 Å². The van der Waals surface area contributed by atoms with Crippen molar-refractivity contribution in [2.45, 2.75) is 25.4 Å². The molecular weight excluding hydrogens is 179 g/mol. The Morgan fingerprint density at radius 2 is 2.00 bits per heavy atom. The SMILES string of the molecule is C[C@H]1CO[C@]2(C)O[B-](O)(O)O[C@]12O. The molecule has 0 aliphatic carbocycles. The molecular formula is C6H12BO6-. The van der Waals surface area contributed by atoms with E-state index >= 15 is 0 Å². The van der Waals surface area contributed by atoms with Crippen LogP contribution in [0.2, 0.25) is 0 Å². The first-order valence-electron chi connectivity index (χ1n) is 4.14. The Labute approximate surface area is 75.1 Å². The summed E-state index contributed by atoms with van der Waals surface area (Å²) in [6.07, 6.45) is 0. The molecule has 0 saturated carbocycles. The highest BCUT2D eigenvalue weighted by molar-refractivity contribution is 6.51. The number of fused-ring (bicyclic) bond motifs is 1. The molecule has 3 atom stereocenters. The number of rotatable bonds is 0. The minimum absolute atomic E-state index is 0.249. The summed E-state index contributed by atoms with van der Waals surface area (Å²) in [4.78, 5) is 0. The van der Waals surface area contributed by atoms with Gasteiger partial charge in [0.1, 0.15) is 0 Å². The molecule has 0 spiro atoms. The Bertz CT molecular complexity index is 245. The first-order chi connectivity index (χ1) is 5.79. The van der Waals surface area contributed by atoms with E-state index < -0.39 is 18.5 Å². The Balaban J connectivity index is 2.36. The molecule has 0 amide bonds. The van der Waals surface area contributed by atoms with Crippen LogP contribution >= 0.6 is 0 Å². The lowest BCUT2D eigenvalue weighted by Crippen LogP contribution is -2.49. The highest BCUT2D eigenvalue weighted by Crippen LogP contribution is 2.48. The van der Waals surface area contributed by atoms with Crippen LogP contribution in [0.15, 0.2) is 0 Å². The van der Waals surface area contributed by atoms with Crippen molar-refractivity contribution in [3.8, 4) is 0 Å². The molecule has 3 N–H and O–H groups in total. The van der Waals surface area contributed by atoms with Crippen LogP contribution in [0.5, 0.6) is 0 Å². The van der Waals surface area contributed by atoms with E-state index in [0.717, 1.165) is 0 Å². The van der Waals surface area contributed by atoms with Gasteiger partial charge in [0.15, 0.2) is 11.6 Å². The van der Waals surface area contributed by atoms with E-state index in [1.807, 2.05) is 0 Å². The molecule has 2 rings (SSSR count). The number of hydrogen-bond donors (Lipinski definition) is 3. The Hall–Kier alpha value is -0.175. The van der Waals surface area contributed by atoms with Gasteiger partial charge in [0.25, 0.3) is 0 Å². The van der Waals surface area contributed by atoms with Gasteiger partial charge in [-0.15, -0.1) is 0 Å². The molecule has 0 aromatic rings. The summed E-state index contributed by atoms with van der Waals surface area (Å²) in [5.41, 5.74) is 0. The van der Waals surface area contributed by atoms with E-state index in [2.05, 4.69) is 4.65 Å². The second kappa shape index (κ2) is 2.25. The smallest absolute Gasteiger partial charge is 0.530 e. The molecule has 0 radical (unpaired) electrons. The zero-order valence-electron chi connectivity index (χ0n) is 7.43. The summed E-state index contributed by atoms with van der Waals surface area (Å²) in [5, 5.41) is 28.1. The maximum Gasteiger partial charge on any atom is 0.530 e. The molecule has 0 unspecified atom stereocenters. The first-order valence-corrected chi connectivity index (χ1v) is 4.14. The average molecular weight is 191 g/mol. The predicted molar refractivity (Wildman–Crippen MR) is 40.8 cm³/mol. The molecule has 2 aliphatic heterocycles. The second-order valence-electron chi connectivity index (χ2n) is 3.72. The molecule has 2 heterocycles. The Morgan fingerprint density at radius 1 is 1.38 bits per heavy atom. The summed E-state index contributed by atoms with van der Waals surface area (Å²) in [6, 6.07) is 0. The van der Waals surface area contributed by atoms with Crippen LogP contribution in [0.1, 0.15) is 13.8 Å². The second-order valence-corrected chi connectivity index (χ2v) is 3.72. The average Bonchev–Trinajstić information content (AvgIpc) is 2.24. The normalized spacial score (nSPS) is 53.8. The van der Waals surface area contributed by atoms with E-state index in [-0.39, 0.29) is 12.5 Å². The van der Waals surface area contributed by atoms with E-state index in [9.17, 15) is 5.11 Å². The quantitative estimate of drug-likeness (QED) is 0.405. The first kappa shape index (κ1) is 9.38. The lowest BCUT2D eigenvalue weighted by molar-refractivity contribution is -0.262. The lowest BCUT2D eigenvalue weighted by Gasteiger charge is -2.34. The fraction of sp³-hybridized carbons (Fsp3) is 1.00. The van der Waals surface area contributed by atoms with Gasteiger partial charge in [-0.2, -0.15) is 0 Å². The predicted octanol–water partition coefficient (Wildman–Crippen LogP) is -1.48. The zero-order valence-corrected chi connectivity index (χ0v) is 7.43. The van der Waals surface area contributed by atoms with Crippen LogP contribution in [0.4, 0.5) is 0 Å². The molecule has 76 valence electrons. The van der Waals surface area contributed by atoms with Crippen LogP contribution in [-0.4, -0.2) is 40.3 Å². The van der Waals surface area contributed by atoms with Gasteiger partial charge >= 0.3 is 6.96 Å². The third kappa shape index (κ3) is 1.06. The molecule has 2 saturated heterocycles. The molecule has 0 aromatic heterocycles. The molecule has 0 bridgehead atoms. The largest absolute Gasteiger partial charge is 0.533 e. The highest BCUT2D eigenvalue weighted by Gasteiger charge is 2.66. The van der Waals surface area contributed by atoms with Gasteiger partial charge in [-0.3, -0.25) is 0 Å². The van der Waals surface area contributed by atoms with Gasteiger partial charge in [0, 0.05) is 5.92 Å². The summed E-state index contributed by atoms with van der Waals surface area (Å²) >= 11 is 0. The molecule has 13 heavy (non-hydrogen) atoms.